The predicted molar refractivity (Wildman–Crippen MR) is 121 cm³/mol. The van der Waals surface area contributed by atoms with E-state index < -0.39 is 0 Å². The van der Waals surface area contributed by atoms with Crippen LogP contribution in [0.25, 0.3) is 11.4 Å². The smallest absolute Gasteiger partial charge is 0.237 e. The molecule has 2 aromatic carbocycles. The van der Waals surface area contributed by atoms with Gasteiger partial charge in [-0.05, 0) is 55.2 Å². The summed E-state index contributed by atoms with van der Waals surface area (Å²) in [5, 5.41) is 12.7. The lowest BCUT2D eigenvalue weighted by Crippen LogP contribution is -2.24. The summed E-state index contributed by atoms with van der Waals surface area (Å²) in [6.07, 6.45) is 0. The number of amides is 1. The van der Waals surface area contributed by atoms with Crippen LogP contribution in [0.15, 0.2) is 47.6 Å². The van der Waals surface area contributed by atoms with Gasteiger partial charge < -0.3 is 9.88 Å². The summed E-state index contributed by atoms with van der Waals surface area (Å²) in [5.41, 5.74) is 4.03. The zero-order valence-corrected chi connectivity index (χ0v) is 18.8. The van der Waals surface area contributed by atoms with Crippen molar-refractivity contribution in [3.05, 3.63) is 58.6 Å². The van der Waals surface area contributed by atoms with E-state index in [-0.39, 0.29) is 11.2 Å². The van der Waals surface area contributed by atoms with Crippen molar-refractivity contribution in [3.63, 3.8) is 0 Å². The van der Waals surface area contributed by atoms with Crippen molar-refractivity contribution >= 4 is 35.0 Å². The fourth-order valence-electron chi connectivity index (χ4n) is 3.05. The Labute approximate surface area is 180 Å². The zero-order valence-electron chi connectivity index (χ0n) is 17.2. The van der Waals surface area contributed by atoms with Gasteiger partial charge in [0.25, 0.3) is 0 Å². The molecule has 29 heavy (non-hydrogen) atoms. The van der Waals surface area contributed by atoms with Gasteiger partial charge in [0.15, 0.2) is 11.0 Å². The molecule has 1 heterocycles. The number of aromatic nitrogens is 3. The highest BCUT2D eigenvalue weighted by molar-refractivity contribution is 8.00. The van der Waals surface area contributed by atoms with Gasteiger partial charge in [-0.1, -0.05) is 55.4 Å². The van der Waals surface area contributed by atoms with Crippen LogP contribution in [-0.2, 0) is 11.8 Å². The van der Waals surface area contributed by atoms with E-state index in [1.165, 1.54) is 11.8 Å². The number of anilines is 1. The molecule has 1 atom stereocenters. The predicted octanol–water partition coefficient (Wildman–Crippen LogP) is 5.69. The van der Waals surface area contributed by atoms with E-state index in [9.17, 15) is 4.79 Å². The number of aryl methyl sites for hydroxylation is 1. The molecule has 7 heteroatoms. The van der Waals surface area contributed by atoms with E-state index in [0.29, 0.717) is 16.1 Å². The molecule has 3 rings (SSSR count). The molecule has 1 aromatic heterocycles. The maximum atomic E-state index is 12.9. The van der Waals surface area contributed by atoms with Crippen molar-refractivity contribution in [1.82, 2.24) is 14.8 Å². The molecular formula is C22H25ClN4OS. The molecule has 0 saturated carbocycles. The van der Waals surface area contributed by atoms with E-state index in [4.69, 9.17) is 11.6 Å². The van der Waals surface area contributed by atoms with E-state index >= 15 is 0 Å². The van der Waals surface area contributed by atoms with Crippen LogP contribution in [-0.4, -0.2) is 25.9 Å². The Bertz CT molecular complexity index is 1010. The number of hydrogen-bond donors (Lipinski definition) is 1. The first kappa shape index (κ1) is 21.4. The fourth-order valence-corrected chi connectivity index (χ4v) is 3.99. The van der Waals surface area contributed by atoms with Crippen LogP contribution in [0.4, 0.5) is 5.69 Å². The number of thioether (sulfide) groups is 1. The quantitative estimate of drug-likeness (QED) is 0.512. The Balaban J connectivity index is 1.75. The van der Waals surface area contributed by atoms with Crippen LogP contribution in [0, 0.1) is 6.92 Å². The lowest BCUT2D eigenvalue weighted by Gasteiger charge is -2.18. The third-order valence-electron chi connectivity index (χ3n) is 4.76. The maximum Gasteiger partial charge on any atom is 0.237 e. The first-order chi connectivity index (χ1) is 13.8. The van der Waals surface area contributed by atoms with Crippen molar-refractivity contribution in [2.75, 3.05) is 5.32 Å². The molecule has 1 unspecified atom stereocenters. The molecule has 0 saturated heterocycles. The molecule has 3 aromatic rings. The van der Waals surface area contributed by atoms with Crippen LogP contribution in [0.5, 0.6) is 0 Å². The molecule has 0 aliphatic rings. The normalized spacial score (nSPS) is 12.2. The highest BCUT2D eigenvalue weighted by atomic mass is 35.5. The van der Waals surface area contributed by atoms with Crippen LogP contribution < -0.4 is 5.32 Å². The summed E-state index contributed by atoms with van der Waals surface area (Å²) >= 11 is 7.35. The summed E-state index contributed by atoms with van der Waals surface area (Å²) in [7, 11) is 1.90. The Kier molecular flexibility index (Phi) is 6.65. The largest absolute Gasteiger partial charge is 0.325 e. The van der Waals surface area contributed by atoms with E-state index in [0.717, 1.165) is 28.2 Å². The third kappa shape index (κ3) is 4.82. The Morgan fingerprint density at radius 2 is 1.79 bits per heavy atom. The summed E-state index contributed by atoms with van der Waals surface area (Å²) in [5.74, 6) is 1.01. The molecular weight excluding hydrogens is 404 g/mol. The van der Waals surface area contributed by atoms with E-state index in [1.807, 2.05) is 61.9 Å². The van der Waals surface area contributed by atoms with Gasteiger partial charge in [-0.3, -0.25) is 4.79 Å². The Hall–Kier alpha value is -2.31. The summed E-state index contributed by atoms with van der Waals surface area (Å²) in [4.78, 5) is 12.9. The standard InChI is InChI=1S/C22H25ClN4OS/c1-13(2)18-8-6-7-14(3)19(18)24-21(28)15(4)29-22-26-25-20(27(22)5)16-9-11-17(23)12-10-16/h6-13,15H,1-5H3,(H,24,28). The van der Waals surface area contributed by atoms with Gasteiger partial charge in [0.05, 0.1) is 5.25 Å². The lowest BCUT2D eigenvalue weighted by molar-refractivity contribution is -0.115. The van der Waals surface area contributed by atoms with E-state index in [2.05, 4.69) is 35.4 Å². The molecule has 1 N–H and O–H groups in total. The first-order valence-electron chi connectivity index (χ1n) is 9.50. The van der Waals surface area contributed by atoms with Gasteiger partial charge in [-0.15, -0.1) is 10.2 Å². The Morgan fingerprint density at radius 1 is 1.10 bits per heavy atom. The third-order valence-corrected chi connectivity index (χ3v) is 6.15. The summed E-state index contributed by atoms with van der Waals surface area (Å²) in [6, 6.07) is 13.6. The highest BCUT2D eigenvalue weighted by Gasteiger charge is 2.21. The minimum atomic E-state index is -0.324. The van der Waals surface area contributed by atoms with Crippen molar-refractivity contribution < 1.29 is 4.79 Å². The monoisotopic (exact) mass is 428 g/mol. The molecule has 0 fully saturated rings. The zero-order chi connectivity index (χ0) is 21.1. The summed E-state index contributed by atoms with van der Waals surface area (Å²) in [6.45, 7) is 8.14. The van der Waals surface area contributed by atoms with Crippen molar-refractivity contribution in [1.29, 1.82) is 0 Å². The van der Waals surface area contributed by atoms with Crippen LogP contribution in [0.1, 0.15) is 37.8 Å². The number of carbonyl (C=O) groups excluding carboxylic acids is 1. The van der Waals surface area contributed by atoms with Crippen molar-refractivity contribution in [2.45, 2.75) is 44.0 Å². The van der Waals surface area contributed by atoms with Crippen LogP contribution in [0.2, 0.25) is 5.02 Å². The van der Waals surface area contributed by atoms with Crippen molar-refractivity contribution in [2.24, 2.45) is 7.05 Å². The number of hydrogen-bond acceptors (Lipinski definition) is 4. The number of rotatable bonds is 6. The van der Waals surface area contributed by atoms with Gasteiger partial charge in [-0.25, -0.2) is 0 Å². The molecule has 0 bridgehead atoms. The highest BCUT2D eigenvalue weighted by Crippen LogP contribution is 2.30. The number of carbonyl (C=O) groups is 1. The van der Waals surface area contributed by atoms with Gasteiger partial charge in [0, 0.05) is 23.3 Å². The van der Waals surface area contributed by atoms with Gasteiger partial charge in [0.1, 0.15) is 0 Å². The second-order valence-corrected chi connectivity index (χ2v) is 9.06. The first-order valence-corrected chi connectivity index (χ1v) is 10.8. The average molecular weight is 429 g/mol. The lowest BCUT2D eigenvalue weighted by atomic mass is 9.98. The number of para-hydroxylation sites is 1. The number of nitrogens with zero attached hydrogens (tertiary/aromatic N) is 3. The minimum Gasteiger partial charge on any atom is -0.325 e. The van der Waals surface area contributed by atoms with Crippen LogP contribution in [0.3, 0.4) is 0 Å². The van der Waals surface area contributed by atoms with E-state index in [1.54, 1.807) is 0 Å². The second kappa shape index (κ2) is 9.01. The average Bonchev–Trinajstić information content (AvgIpc) is 3.04. The Morgan fingerprint density at radius 3 is 2.45 bits per heavy atom. The maximum absolute atomic E-state index is 12.9. The van der Waals surface area contributed by atoms with Gasteiger partial charge in [-0.2, -0.15) is 0 Å². The minimum absolute atomic E-state index is 0.0535. The van der Waals surface area contributed by atoms with Crippen LogP contribution >= 0.6 is 23.4 Å². The number of nitrogens with one attached hydrogen (secondary N) is 1. The van der Waals surface area contributed by atoms with Gasteiger partial charge in [0.2, 0.25) is 5.91 Å². The second-order valence-electron chi connectivity index (χ2n) is 7.32. The molecule has 152 valence electrons. The molecule has 0 spiro atoms. The van der Waals surface area contributed by atoms with Gasteiger partial charge >= 0.3 is 0 Å². The SMILES string of the molecule is Cc1cccc(C(C)C)c1NC(=O)C(C)Sc1nnc(-c2ccc(Cl)cc2)n1C. The number of benzene rings is 2. The molecule has 1 amide bonds. The fraction of sp³-hybridized carbons (Fsp3) is 0.318. The molecule has 5 nitrogen and oxygen atoms in total. The summed E-state index contributed by atoms with van der Waals surface area (Å²) < 4.78 is 1.89. The molecule has 0 radical (unpaired) electrons. The molecule has 0 aliphatic heterocycles. The van der Waals surface area contributed by atoms with Crippen molar-refractivity contribution in [3.8, 4) is 11.4 Å². The number of halogens is 1. The molecule has 0 aliphatic carbocycles. The topological polar surface area (TPSA) is 59.8 Å².